The van der Waals surface area contributed by atoms with Gasteiger partial charge in [0.2, 0.25) is 0 Å². The van der Waals surface area contributed by atoms with Crippen molar-refractivity contribution in [2.45, 2.75) is 59.3 Å². The summed E-state index contributed by atoms with van der Waals surface area (Å²) in [6.45, 7) is 7.67. The quantitative estimate of drug-likeness (QED) is 0.173. The first-order chi connectivity index (χ1) is 16.3. The second kappa shape index (κ2) is 13.8. The summed E-state index contributed by atoms with van der Waals surface area (Å²) in [5, 5.41) is 14.7. The molecule has 0 radical (unpaired) electrons. The van der Waals surface area contributed by atoms with Crippen molar-refractivity contribution < 1.29 is 24.0 Å². The molecular weight excluding hydrogens is 456 g/mol. The summed E-state index contributed by atoms with van der Waals surface area (Å²) in [6, 6.07) is 6.02. The maximum absolute atomic E-state index is 13.2. The number of hydrogen-bond donors (Lipinski definition) is 1. The summed E-state index contributed by atoms with van der Waals surface area (Å²) in [5.41, 5.74) is 2.10. The molecule has 1 atom stereocenters. The van der Waals surface area contributed by atoms with Crippen LogP contribution in [-0.4, -0.2) is 41.6 Å². The van der Waals surface area contributed by atoms with Crippen LogP contribution in [0.4, 0.5) is 5.69 Å². The fourth-order valence-electron chi connectivity index (χ4n) is 3.90. The molecule has 0 saturated carbocycles. The maximum Gasteiger partial charge on any atom is 0.336 e. The third-order valence-corrected chi connectivity index (χ3v) is 6.51. The summed E-state index contributed by atoms with van der Waals surface area (Å²) in [4.78, 5) is 37.1. The van der Waals surface area contributed by atoms with Gasteiger partial charge >= 0.3 is 11.9 Å². The number of nitrogens with one attached hydrogen (secondary N) is 1. The van der Waals surface area contributed by atoms with Crippen molar-refractivity contribution in [1.82, 2.24) is 5.32 Å². The van der Waals surface area contributed by atoms with Crippen LogP contribution >= 0.6 is 11.8 Å². The molecular formula is C25H34N2O6S. The molecule has 0 bridgehead atoms. The Kier molecular flexibility index (Phi) is 11.1. The third-order valence-electron chi connectivity index (χ3n) is 5.44. The van der Waals surface area contributed by atoms with Gasteiger partial charge in [-0.15, -0.1) is 0 Å². The topological polar surface area (TPSA) is 108 Å². The Hall–Kier alpha value is -2.81. The summed E-state index contributed by atoms with van der Waals surface area (Å²) in [6.07, 6.45) is 4.59. The zero-order valence-electron chi connectivity index (χ0n) is 20.3. The van der Waals surface area contributed by atoms with Gasteiger partial charge in [-0.05, 0) is 38.5 Å². The number of unbranched alkanes of at least 4 members (excludes halogenated alkanes) is 3. The van der Waals surface area contributed by atoms with Crippen LogP contribution in [0.15, 0.2) is 46.8 Å². The molecule has 1 N–H and O–H groups in total. The van der Waals surface area contributed by atoms with Gasteiger partial charge < -0.3 is 14.8 Å². The summed E-state index contributed by atoms with van der Waals surface area (Å²) in [5.74, 6) is -0.496. The van der Waals surface area contributed by atoms with Gasteiger partial charge in [0, 0.05) is 29.3 Å². The van der Waals surface area contributed by atoms with E-state index in [0.29, 0.717) is 22.7 Å². The van der Waals surface area contributed by atoms with E-state index >= 15 is 0 Å². The molecule has 2 rings (SSSR count). The highest BCUT2D eigenvalue weighted by Gasteiger charge is 2.39. The van der Waals surface area contributed by atoms with Gasteiger partial charge in [-0.3, -0.25) is 10.1 Å². The summed E-state index contributed by atoms with van der Waals surface area (Å²) in [7, 11) is 0. The van der Waals surface area contributed by atoms with E-state index in [1.807, 2.05) is 0 Å². The highest BCUT2D eigenvalue weighted by molar-refractivity contribution is 7.99. The van der Waals surface area contributed by atoms with E-state index in [1.54, 1.807) is 44.7 Å². The van der Waals surface area contributed by atoms with Crippen molar-refractivity contribution in [3.05, 3.63) is 62.5 Å². The first-order valence-electron chi connectivity index (χ1n) is 11.7. The van der Waals surface area contributed by atoms with E-state index in [9.17, 15) is 19.7 Å². The molecule has 0 aromatic heterocycles. The number of non-ortho nitro benzene ring substituents is 1. The molecule has 0 spiro atoms. The van der Waals surface area contributed by atoms with Crippen LogP contribution in [0.1, 0.15) is 64.9 Å². The Morgan fingerprint density at radius 3 is 2.35 bits per heavy atom. The molecule has 1 unspecified atom stereocenters. The van der Waals surface area contributed by atoms with E-state index in [4.69, 9.17) is 9.47 Å². The second-order valence-electron chi connectivity index (χ2n) is 7.90. The average molecular weight is 491 g/mol. The van der Waals surface area contributed by atoms with E-state index in [2.05, 4.69) is 12.2 Å². The fourth-order valence-corrected chi connectivity index (χ4v) is 4.88. The predicted molar refractivity (Wildman–Crippen MR) is 133 cm³/mol. The Morgan fingerprint density at radius 2 is 1.74 bits per heavy atom. The van der Waals surface area contributed by atoms with Crippen LogP contribution in [0.3, 0.4) is 0 Å². The van der Waals surface area contributed by atoms with E-state index in [-0.39, 0.29) is 30.0 Å². The number of dihydropyridines is 1. The monoisotopic (exact) mass is 490 g/mol. The number of nitro groups is 1. The van der Waals surface area contributed by atoms with Crippen molar-refractivity contribution in [3.63, 3.8) is 0 Å². The Morgan fingerprint density at radius 1 is 1.06 bits per heavy atom. The minimum Gasteiger partial charge on any atom is -0.463 e. The number of hydrogen-bond acceptors (Lipinski definition) is 8. The van der Waals surface area contributed by atoms with E-state index < -0.39 is 22.8 Å². The number of nitro benzene ring substituents is 1. The third kappa shape index (κ3) is 7.09. The molecule has 186 valence electrons. The number of benzene rings is 1. The van der Waals surface area contributed by atoms with Crippen molar-refractivity contribution in [1.29, 1.82) is 0 Å². The van der Waals surface area contributed by atoms with Gasteiger partial charge in [0.25, 0.3) is 5.69 Å². The Bertz CT molecular complexity index is 956. The number of thioether (sulfide) groups is 1. The zero-order chi connectivity index (χ0) is 25.1. The molecule has 8 nitrogen and oxygen atoms in total. The van der Waals surface area contributed by atoms with Gasteiger partial charge in [-0.2, -0.15) is 11.8 Å². The molecule has 0 aliphatic carbocycles. The number of allylic oxidation sites excluding steroid dienone is 1. The molecule has 34 heavy (non-hydrogen) atoms. The van der Waals surface area contributed by atoms with Crippen LogP contribution < -0.4 is 5.32 Å². The molecule has 1 aromatic rings. The predicted octanol–water partition coefficient (Wildman–Crippen LogP) is 5.25. The van der Waals surface area contributed by atoms with Gasteiger partial charge in [0.15, 0.2) is 0 Å². The molecule has 0 amide bonds. The molecule has 1 heterocycles. The number of ether oxygens (including phenoxy) is 2. The van der Waals surface area contributed by atoms with Crippen molar-refractivity contribution in [2.24, 2.45) is 0 Å². The van der Waals surface area contributed by atoms with Gasteiger partial charge in [-0.1, -0.05) is 38.3 Å². The lowest BCUT2D eigenvalue weighted by molar-refractivity contribution is -0.384. The van der Waals surface area contributed by atoms with Gasteiger partial charge in [0.05, 0.1) is 35.2 Å². The molecule has 1 aliphatic rings. The number of rotatable bonds is 13. The first-order valence-corrected chi connectivity index (χ1v) is 12.9. The minimum absolute atomic E-state index is 0.119. The fraction of sp³-hybridized carbons (Fsp3) is 0.520. The smallest absolute Gasteiger partial charge is 0.336 e. The number of carbonyl (C=O) groups excluding carboxylic acids is 2. The highest BCUT2D eigenvalue weighted by Crippen LogP contribution is 2.41. The van der Waals surface area contributed by atoms with Crippen LogP contribution in [0.5, 0.6) is 0 Å². The Labute approximate surface area is 205 Å². The van der Waals surface area contributed by atoms with Crippen molar-refractivity contribution in [2.75, 3.05) is 24.7 Å². The zero-order valence-corrected chi connectivity index (χ0v) is 21.2. The van der Waals surface area contributed by atoms with E-state index in [0.717, 1.165) is 25.0 Å². The average Bonchev–Trinajstić information content (AvgIpc) is 2.81. The summed E-state index contributed by atoms with van der Waals surface area (Å²) >= 11 is 1.70. The highest BCUT2D eigenvalue weighted by atomic mass is 32.2. The van der Waals surface area contributed by atoms with Crippen molar-refractivity contribution in [3.8, 4) is 0 Å². The van der Waals surface area contributed by atoms with Crippen molar-refractivity contribution >= 4 is 29.4 Å². The first kappa shape index (κ1) is 27.4. The Balaban J connectivity index is 2.55. The number of esters is 2. The van der Waals surface area contributed by atoms with Crippen LogP contribution in [0.25, 0.3) is 0 Å². The van der Waals surface area contributed by atoms with Crippen LogP contribution in [0, 0.1) is 10.1 Å². The van der Waals surface area contributed by atoms with Crippen LogP contribution in [-0.2, 0) is 19.1 Å². The normalized spacial score (nSPS) is 15.7. The second-order valence-corrected chi connectivity index (χ2v) is 9.00. The molecule has 9 heteroatoms. The molecule has 1 aliphatic heterocycles. The lowest BCUT2D eigenvalue weighted by atomic mass is 9.80. The van der Waals surface area contributed by atoms with Gasteiger partial charge in [0.1, 0.15) is 0 Å². The minimum atomic E-state index is -0.838. The lowest BCUT2D eigenvalue weighted by Gasteiger charge is -2.31. The standard InChI is InChI=1S/C25H34N2O6S/c1-5-8-9-10-14-34-16-20-23(25(29)33-7-3)22(18-12-11-13-19(15-18)27(30)31)21(17(4)26-20)24(28)32-6-2/h11-13,15,22,26H,5-10,14,16H2,1-4H3. The molecule has 1 aromatic carbocycles. The molecule has 0 fully saturated rings. The van der Waals surface area contributed by atoms with E-state index in [1.165, 1.54) is 18.6 Å². The largest absolute Gasteiger partial charge is 0.463 e. The van der Waals surface area contributed by atoms with Gasteiger partial charge in [-0.25, -0.2) is 9.59 Å². The number of nitrogens with zero attached hydrogens (tertiary/aromatic N) is 1. The maximum atomic E-state index is 13.2. The number of carbonyl (C=O) groups is 2. The van der Waals surface area contributed by atoms with Crippen LogP contribution in [0.2, 0.25) is 0 Å². The summed E-state index contributed by atoms with van der Waals surface area (Å²) < 4.78 is 10.7. The SMILES string of the molecule is CCCCCCSCC1=C(C(=O)OCC)C(c2cccc([N+](=O)[O-])c2)C(C(=O)OCC)=C(C)N1. The lowest BCUT2D eigenvalue weighted by Crippen LogP contribution is -2.34. The molecule has 0 saturated heterocycles.